The summed E-state index contributed by atoms with van der Waals surface area (Å²) in [6, 6.07) is 7.42. The Morgan fingerprint density at radius 1 is 1.17 bits per heavy atom. The Morgan fingerprint density at radius 2 is 1.79 bits per heavy atom. The molecule has 6 heteroatoms. The Kier molecular flexibility index (Phi) is 4.76. The smallest absolute Gasteiger partial charge is 0.329 e. The normalized spacial score (nSPS) is 17.6. The molecule has 0 aliphatic heterocycles. The molecule has 1 fully saturated rings. The average Bonchev–Trinajstić information content (AvgIpc) is 2.74. The number of carbonyl (C=O) groups is 1. The van der Waals surface area contributed by atoms with Gasteiger partial charge in [0.2, 0.25) is 5.91 Å². The quantitative estimate of drug-likeness (QED) is 0.835. The van der Waals surface area contributed by atoms with Crippen LogP contribution < -0.4 is 11.0 Å². The van der Waals surface area contributed by atoms with Gasteiger partial charge in [-0.1, -0.05) is 37.8 Å². The molecule has 3 rings (SSSR count). The predicted octanol–water partition coefficient (Wildman–Crippen LogP) is 1.54. The van der Waals surface area contributed by atoms with Crippen molar-refractivity contribution in [1.29, 1.82) is 0 Å². The fourth-order valence-corrected chi connectivity index (χ4v) is 3.54. The number of aromatic nitrogens is 2. The Bertz CT molecular complexity index is 782. The molecule has 130 valence electrons. The first-order valence-electron chi connectivity index (χ1n) is 8.63. The second kappa shape index (κ2) is 6.81. The highest BCUT2D eigenvalue weighted by Gasteiger charge is 2.28. The third-order valence-corrected chi connectivity index (χ3v) is 5.00. The Hall–Kier alpha value is -2.08. The fraction of sp³-hybridized carbons (Fsp3) is 0.556. The van der Waals surface area contributed by atoms with Crippen LogP contribution in [0.5, 0.6) is 0 Å². The monoisotopic (exact) mass is 331 g/mol. The third kappa shape index (κ3) is 3.38. The van der Waals surface area contributed by atoms with Gasteiger partial charge in [-0.05, 0) is 25.0 Å². The van der Waals surface area contributed by atoms with Gasteiger partial charge in [0.25, 0.3) is 0 Å². The topological polar surface area (TPSA) is 76.3 Å². The molecule has 0 atom stereocenters. The van der Waals surface area contributed by atoms with Crippen molar-refractivity contribution in [2.45, 2.75) is 50.7 Å². The highest BCUT2D eigenvalue weighted by Crippen LogP contribution is 2.26. The number of carbonyl (C=O) groups excluding carboxylic acids is 1. The van der Waals surface area contributed by atoms with Crippen molar-refractivity contribution in [3.8, 4) is 0 Å². The summed E-state index contributed by atoms with van der Waals surface area (Å²) in [5, 5.41) is 13.4. The maximum Gasteiger partial charge on any atom is 0.329 e. The summed E-state index contributed by atoms with van der Waals surface area (Å²) in [5.74, 6) is -0.244. The molecule has 1 amide bonds. The van der Waals surface area contributed by atoms with E-state index in [4.69, 9.17) is 0 Å². The summed E-state index contributed by atoms with van der Waals surface area (Å²) < 4.78 is 3.02. The number of nitrogens with zero attached hydrogens (tertiary/aromatic N) is 2. The van der Waals surface area contributed by atoms with Gasteiger partial charge in [-0.2, -0.15) is 0 Å². The van der Waals surface area contributed by atoms with Crippen LogP contribution in [0.15, 0.2) is 29.1 Å². The molecule has 1 aromatic carbocycles. The second-order valence-corrected chi connectivity index (χ2v) is 6.83. The van der Waals surface area contributed by atoms with E-state index in [1.807, 2.05) is 24.3 Å². The van der Waals surface area contributed by atoms with Crippen LogP contribution in [-0.2, 0) is 18.4 Å². The van der Waals surface area contributed by atoms with Gasteiger partial charge in [0, 0.05) is 13.6 Å². The van der Waals surface area contributed by atoms with Crippen LogP contribution in [0.25, 0.3) is 11.0 Å². The van der Waals surface area contributed by atoms with Crippen LogP contribution in [0, 0.1) is 0 Å². The Balaban J connectivity index is 1.69. The van der Waals surface area contributed by atoms with Crippen molar-refractivity contribution in [2.75, 3.05) is 6.54 Å². The summed E-state index contributed by atoms with van der Waals surface area (Å²) in [4.78, 5) is 24.6. The van der Waals surface area contributed by atoms with Crippen molar-refractivity contribution >= 4 is 16.9 Å². The molecule has 0 bridgehead atoms. The van der Waals surface area contributed by atoms with Crippen LogP contribution in [0.3, 0.4) is 0 Å². The number of imidazole rings is 1. The number of hydrogen-bond donors (Lipinski definition) is 2. The number of aryl methyl sites for hydroxylation is 1. The molecule has 0 saturated heterocycles. The summed E-state index contributed by atoms with van der Waals surface area (Å²) >= 11 is 0. The minimum absolute atomic E-state index is 0.0315. The highest BCUT2D eigenvalue weighted by molar-refractivity contribution is 5.80. The molecule has 1 heterocycles. The summed E-state index contributed by atoms with van der Waals surface area (Å²) in [5.41, 5.74) is 0.529. The maximum atomic E-state index is 12.3. The molecule has 0 unspecified atom stereocenters. The molecule has 1 saturated carbocycles. The van der Waals surface area contributed by atoms with E-state index in [2.05, 4.69) is 5.32 Å². The SMILES string of the molecule is Cn1c(=O)n(CC(=O)NCC2(O)CCCCCC2)c2ccccc21. The molecular weight excluding hydrogens is 306 g/mol. The van der Waals surface area contributed by atoms with E-state index in [0.717, 1.165) is 49.6 Å². The minimum atomic E-state index is -0.810. The zero-order chi connectivity index (χ0) is 17.2. The van der Waals surface area contributed by atoms with Crippen molar-refractivity contribution < 1.29 is 9.90 Å². The summed E-state index contributed by atoms with van der Waals surface area (Å²) in [7, 11) is 1.70. The van der Waals surface area contributed by atoms with Gasteiger partial charge in [0.1, 0.15) is 6.54 Å². The molecule has 1 aliphatic carbocycles. The van der Waals surface area contributed by atoms with Gasteiger partial charge in [0.05, 0.1) is 16.6 Å². The second-order valence-electron chi connectivity index (χ2n) is 6.83. The number of para-hydroxylation sites is 2. The van der Waals surface area contributed by atoms with Gasteiger partial charge >= 0.3 is 5.69 Å². The van der Waals surface area contributed by atoms with Crippen LogP contribution in [0.2, 0.25) is 0 Å². The third-order valence-electron chi connectivity index (χ3n) is 5.00. The van der Waals surface area contributed by atoms with E-state index in [0.29, 0.717) is 0 Å². The molecule has 0 radical (unpaired) electrons. The van der Waals surface area contributed by atoms with E-state index in [1.54, 1.807) is 11.6 Å². The van der Waals surface area contributed by atoms with Crippen molar-refractivity contribution in [1.82, 2.24) is 14.5 Å². The summed E-state index contributed by atoms with van der Waals surface area (Å²) in [6.45, 7) is 0.224. The molecule has 2 N–H and O–H groups in total. The average molecular weight is 331 g/mol. The fourth-order valence-electron chi connectivity index (χ4n) is 3.54. The zero-order valence-corrected chi connectivity index (χ0v) is 14.1. The lowest BCUT2D eigenvalue weighted by Crippen LogP contribution is -2.44. The van der Waals surface area contributed by atoms with Gasteiger partial charge in [-0.15, -0.1) is 0 Å². The van der Waals surface area contributed by atoms with Crippen molar-refractivity contribution in [2.24, 2.45) is 7.05 Å². The first-order chi connectivity index (χ1) is 11.5. The molecule has 6 nitrogen and oxygen atoms in total. The number of amides is 1. The first kappa shape index (κ1) is 16.8. The highest BCUT2D eigenvalue weighted by atomic mass is 16.3. The van der Waals surface area contributed by atoms with Crippen molar-refractivity contribution in [3.63, 3.8) is 0 Å². The van der Waals surface area contributed by atoms with Gasteiger partial charge in [-0.25, -0.2) is 4.79 Å². The van der Waals surface area contributed by atoms with Crippen LogP contribution in [0.1, 0.15) is 38.5 Å². The molecule has 0 spiro atoms. The molecular formula is C18H25N3O3. The number of hydrogen-bond acceptors (Lipinski definition) is 3. The largest absolute Gasteiger partial charge is 0.388 e. The lowest BCUT2D eigenvalue weighted by atomic mass is 9.94. The number of benzene rings is 1. The van der Waals surface area contributed by atoms with E-state index < -0.39 is 5.60 Å². The standard InChI is InChI=1S/C18H25N3O3/c1-20-14-8-4-5-9-15(14)21(17(20)23)12-16(22)19-13-18(24)10-6-2-3-7-11-18/h4-5,8-9,24H,2-3,6-7,10-13H2,1H3,(H,19,22). The van der Waals surface area contributed by atoms with Crippen molar-refractivity contribution in [3.05, 3.63) is 34.7 Å². The van der Waals surface area contributed by atoms with Crippen LogP contribution in [0.4, 0.5) is 0 Å². The molecule has 2 aromatic rings. The summed E-state index contributed by atoms with van der Waals surface area (Å²) in [6.07, 6.45) is 5.72. The number of aliphatic hydroxyl groups is 1. The Morgan fingerprint density at radius 3 is 2.46 bits per heavy atom. The van der Waals surface area contributed by atoms with E-state index in [9.17, 15) is 14.7 Å². The van der Waals surface area contributed by atoms with E-state index in [-0.39, 0.29) is 24.7 Å². The lowest BCUT2D eigenvalue weighted by molar-refractivity contribution is -0.123. The Labute approximate surface area is 141 Å². The maximum absolute atomic E-state index is 12.3. The first-order valence-corrected chi connectivity index (χ1v) is 8.63. The van der Waals surface area contributed by atoms with E-state index in [1.165, 1.54) is 4.57 Å². The predicted molar refractivity (Wildman–Crippen MR) is 92.8 cm³/mol. The van der Waals surface area contributed by atoms with Gasteiger partial charge < -0.3 is 10.4 Å². The molecule has 24 heavy (non-hydrogen) atoms. The van der Waals surface area contributed by atoms with E-state index >= 15 is 0 Å². The van der Waals surface area contributed by atoms with Crippen LogP contribution in [-0.4, -0.2) is 32.3 Å². The van der Waals surface area contributed by atoms with Crippen LogP contribution >= 0.6 is 0 Å². The molecule has 1 aliphatic rings. The number of rotatable bonds is 4. The zero-order valence-electron chi connectivity index (χ0n) is 14.1. The number of nitrogens with one attached hydrogen (secondary N) is 1. The lowest BCUT2D eigenvalue weighted by Gasteiger charge is -2.26. The minimum Gasteiger partial charge on any atom is -0.388 e. The van der Waals surface area contributed by atoms with Gasteiger partial charge in [-0.3, -0.25) is 13.9 Å². The molecule has 1 aromatic heterocycles. The number of fused-ring (bicyclic) bond motifs is 1. The van der Waals surface area contributed by atoms with Gasteiger partial charge in [0.15, 0.2) is 0 Å².